The molecule has 3 N–H and O–H groups in total. The Labute approximate surface area is 112 Å². The maximum Gasteiger partial charge on any atom is 0.315 e. The molecule has 1 aliphatic rings. The fourth-order valence-corrected chi connectivity index (χ4v) is 2.10. The highest BCUT2D eigenvalue weighted by molar-refractivity contribution is 5.74. The van der Waals surface area contributed by atoms with Crippen LogP contribution in [-0.2, 0) is 6.42 Å². The van der Waals surface area contributed by atoms with Gasteiger partial charge in [0.1, 0.15) is 0 Å². The Kier molecular flexibility index (Phi) is 4.92. The number of carbonyl (C=O) groups excluding carboxylic acids is 1. The van der Waals surface area contributed by atoms with Crippen molar-refractivity contribution in [2.45, 2.75) is 18.9 Å². The number of hydrogen-bond donors (Lipinski definition) is 3. The monoisotopic (exact) mass is 261 g/mol. The number of urea groups is 1. The third-order valence-electron chi connectivity index (χ3n) is 3.15. The van der Waals surface area contributed by atoms with E-state index in [-0.39, 0.29) is 24.6 Å². The van der Waals surface area contributed by atoms with Crippen molar-refractivity contribution in [3.63, 3.8) is 0 Å². The van der Waals surface area contributed by atoms with E-state index < -0.39 is 0 Å². The predicted octanol–water partition coefficient (Wildman–Crippen LogP) is 0.860. The molecule has 19 heavy (non-hydrogen) atoms. The SMILES string of the molecule is O=C(NCCc1cccnc1)N[C@@H]1C=C[C@H](CO)C1. The molecular formula is C14H19N3O2. The number of aliphatic hydroxyl groups excluding tert-OH is 1. The average Bonchev–Trinajstić information content (AvgIpc) is 2.87. The third kappa shape index (κ3) is 4.37. The first-order valence-corrected chi connectivity index (χ1v) is 6.50. The van der Waals surface area contributed by atoms with Crippen LogP contribution in [0.3, 0.4) is 0 Å². The summed E-state index contributed by atoms with van der Waals surface area (Å²) < 4.78 is 0. The lowest BCUT2D eigenvalue weighted by Gasteiger charge is -2.13. The summed E-state index contributed by atoms with van der Waals surface area (Å²) in [7, 11) is 0. The average molecular weight is 261 g/mol. The van der Waals surface area contributed by atoms with Crippen molar-refractivity contribution in [1.82, 2.24) is 15.6 Å². The number of aliphatic hydroxyl groups is 1. The molecule has 0 aromatic carbocycles. The van der Waals surface area contributed by atoms with Gasteiger partial charge in [-0.1, -0.05) is 18.2 Å². The van der Waals surface area contributed by atoms with Crippen molar-refractivity contribution in [3.8, 4) is 0 Å². The Balaban J connectivity index is 1.64. The van der Waals surface area contributed by atoms with E-state index in [2.05, 4.69) is 15.6 Å². The molecule has 2 amide bonds. The number of carbonyl (C=O) groups is 1. The van der Waals surface area contributed by atoms with Crippen LogP contribution in [0.15, 0.2) is 36.7 Å². The van der Waals surface area contributed by atoms with Crippen molar-refractivity contribution in [2.24, 2.45) is 5.92 Å². The number of nitrogens with zero attached hydrogens (tertiary/aromatic N) is 1. The van der Waals surface area contributed by atoms with Gasteiger partial charge < -0.3 is 15.7 Å². The van der Waals surface area contributed by atoms with Crippen LogP contribution in [0, 0.1) is 5.92 Å². The van der Waals surface area contributed by atoms with E-state index in [9.17, 15) is 4.79 Å². The zero-order valence-electron chi connectivity index (χ0n) is 10.7. The fourth-order valence-electron chi connectivity index (χ4n) is 2.10. The molecule has 0 fully saturated rings. The Morgan fingerprint density at radius 3 is 3.05 bits per heavy atom. The first-order chi connectivity index (χ1) is 9.28. The highest BCUT2D eigenvalue weighted by atomic mass is 16.3. The number of nitrogens with one attached hydrogen (secondary N) is 2. The molecular weight excluding hydrogens is 242 g/mol. The van der Waals surface area contributed by atoms with E-state index in [1.54, 1.807) is 12.4 Å². The van der Waals surface area contributed by atoms with Crippen LogP contribution < -0.4 is 10.6 Å². The molecule has 1 aliphatic carbocycles. The summed E-state index contributed by atoms with van der Waals surface area (Å²) >= 11 is 0. The third-order valence-corrected chi connectivity index (χ3v) is 3.15. The largest absolute Gasteiger partial charge is 0.396 e. The lowest BCUT2D eigenvalue weighted by Crippen LogP contribution is -2.41. The molecule has 0 saturated carbocycles. The highest BCUT2D eigenvalue weighted by Gasteiger charge is 2.19. The molecule has 102 valence electrons. The van der Waals surface area contributed by atoms with Gasteiger partial charge in [-0.15, -0.1) is 0 Å². The molecule has 0 unspecified atom stereocenters. The zero-order chi connectivity index (χ0) is 13.5. The second kappa shape index (κ2) is 6.89. The first kappa shape index (κ1) is 13.5. The highest BCUT2D eigenvalue weighted by Crippen LogP contribution is 2.16. The quantitative estimate of drug-likeness (QED) is 0.688. The summed E-state index contributed by atoms with van der Waals surface area (Å²) in [5, 5.41) is 14.7. The number of pyridine rings is 1. The minimum Gasteiger partial charge on any atom is -0.396 e. The number of amides is 2. The zero-order valence-corrected chi connectivity index (χ0v) is 10.7. The van der Waals surface area contributed by atoms with Gasteiger partial charge in [0, 0.05) is 37.5 Å². The first-order valence-electron chi connectivity index (χ1n) is 6.50. The van der Waals surface area contributed by atoms with Crippen LogP contribution in [0.25, 0.3) is 0 Å². The summed E-state index contributed by atoms with van der Waals surface area (Å²) in [5.74, 6) is 0.167. The van der Waals surface area contributed by atoms with Crippen molar-refractivity contribution >= 4 is 6.03 Å². The van der Waals surface area contributed by atoms with Gasteiger partial charge >= 0.3 is 6.03 Å². The van der Waals surface area contributed by atoms with Crippen molar-refractivity contribution < 1.29 is 9.90 Å². The molecule has 1 aromatic heterocycles. The minimum atomic E-state index is -0.169. The van der Waals surface area contributed by atoms with E-state index in [1.807, 2.05) is 24.3 Å². The fraction of sp³-hybridized carbons (Fsp3) is 0.429. The van der Waals surface area contributed by atoms with Gasteiger partial charge in [-0.3, -0.25) is 4.98 Å². The summed E-state index contributed by atoms with van der Waals surface area (Å²) in [4.78, 5) is 15.7. The lowest BCUT2D eigenvalue weighted by molar-refractivity contribution is 0.231. The second-order valence-corrected chi connectivity index (χ2v) is 4.68. The van der Waals surface area contributed by atoms with Crippen LogP contribution >= 0.6 is 0 Å². The van der Waals surface area contributed by atoms with Crippen LogP contribution in [0.5, 0.6) is 0 Å². The smallest absolute Gasteiger partial charge is 0.315 e. The van der Waals surface area contributed by atoms with Gasteiger partial charge in [-0.2, -0.15) is 0 Å². The van der Waals surface area contributed by atoms with Crippen LogP contribution in [0.4, 0.5) is 4.79 Å². The van der Waals surface area contributed by atoms with Gasteiger partial charge in [-0.05, 0) is 24.5 Å². The Hall–Kier alpha value is -1.88. The van der Waals surface area contributed by atoms with Gasteiger partial charge in [0.15, 0.2) is 0 Å². The van der Waals surface area contributed by atoms with Crippen LogP contribution in [0.1, 0.15) is 12.0 Å². The summed E-state index contributed by atoms with van der Waals surface area (Å²) in [6, 6.07) is 3.72. The van der Waals surface area contributed by atoms with Gasteiger partial charge in [0.2, 0.25) is 0 Å². The number of aromatic nitrogens is 1. The molecule has 2 rings (SSSR count). The topological polar surface area (TPSA) is 74.2 Å². The molecule has 0 radical (unpaired) electrons. The van der Waals surface area contributed by atoms with Gasteiger partial charge in [0.25, 0.3) is 0 Å². The van der Waals surface area contributed by atoms with Gasteiger partial charge in [-0.25, -0.2) is 4.79 Å². The molecule has 0 aliphatic heterocycles. The normalized spacial score (nSPS) is 21.3. The van der Waals surface area contributed by atoms with E-state index in [4.69, 9.17) is 5.11 Å². The number of hydrogen-bond acceptors (Lipinski definition) is 3. The lowest BCUT2D eigenvalue weighted by atomic mass is 10.1. The molecule has 5 heteroatoms. The van der Waals surface area contributed by atoms with E-state index >= 15 is 0 Å². The Bertz CT molecular complexity index is 434. The van der Waals surface area contributed by atoms with Crippen LogP contribution in [-0.4, -0.2) is 35.3 Å². The molecule has 1 aromatic rings. The molecule has 2 atom stereocenters. The van der Waals surface area contributed by atoms with E-state index in [0.29, 0.717) is 6.54 Å². The van der Waals surface area contributed by atoms with Gasteiger partial charge in [0.05, 0.1) is 0 Å². The standard InChI is InChI=1S/C14H19N3O2/c18-10-12-3-4-13(8-12)17-14(19)16-7-5-11-2-1-6-15-9-11/h1-4,6,9,12-13,18H,5,7-8,10H2,(H2,16,17,19)/t12-,13+/m0/s1. The maximum atomic E-state index is 11.6. The number of rotatable bonds is 5. The second-order valence-electron chi connectivity index (χ2n) is 4.68. The van der Waals surface area contributed by atoms with Crippen molar-refractivity contribution in [2.75, 3.05) is 13.2 Å². The Morgan fingerprint density at radius 2 is 2.37 bits per heavy atom. The molecule has 1 heterocycles. The molecule has 0 saturated heterocycles. The van der Waals surface area contributed by atoms with Crippen molar-refractivity contribution in [1.29, 1.82) is 0 Å². The van der Waals surface area contributed by atoms with Crippen LogP contribution in [0.2, 0.25) is 0 Å². The van der Waals surface area contributed by atoms with E-state index in [0.717, 1.165) is 18.4 Å². The van der Waals surface area contributed by atoms with Crippen molar-refractivity contribution in [3.05, 3.63) is 42.2 Å². The maximum absolute atomic E-state index is 11.6. The summed E-state index contributed by atoms with van der Waals surface area (Å²) in [5.41, 5.74) is 1.10. The summed E-state index contributed by atoms with van der Waals surface area (Å²) in [6.45, 7) is 0.717. The van der Waals surface area contributed by atoms with E-state index in [1.165, 1.54) is 0 Å². The Morgan fingerprint density at radius 1 is 1.47 bits per heavy atom. The minimum absolute atomic E-state index is 0.0236. The molecule has 0 bridgehead atoms. The summed E-state index contributed by atoms with van der Waals surface area (Å²) in [6.07, 6.45) is 8.94. The molecule has 0 spiro atoms. The molecule has 5 nitrogen and oxygen atoms in total. The predicted molar refractivity (Wildman–Crippen MR) is 72.6 cm³/mol.